The molecule has 1 fully saturated rings. The van der Waals surface area contributed by atoms with Crippen molar-refractivity contribution in [2.75, 3.05) is 20.2 Å². The summed E-state index contributed by atoms with van der Waals surface area (Å²) in [6.07, 6.45) is 1.73. The van der Waals surface area contributed by atoms with Crippen LogP contribution in [-0.4, -0.2) is 45.9 Å². The van der Waals surface area contributed by atoms with E-state index in [1.165, 1.54) is 0 Å². The number of benzene rings is 1. The van der Waals surface area contributed by atoms with Gasteiger partial charge in [-0.2, -0.15) is 5.10 Å². The minimum Gasteiger partial charge on any atom is -0.496 e. The molecule has 1 atom stereocenters. The normalized spacial score (nSPS) is 18.0. The zero-order valence-corrected chi connectivity index (χ0v) is 15.6. The van der Waals surface area contributed by atoms with Gasteiger partial charge in [0, 0.05) is 25.2 Å². The van der Waals surface area contributed by atoms with E-state index in [9.17, 15) is 9.90 Å². The molecule has 2 aromatic rings. The van der Waals surface area contributed by atoms with Crippen molar-refractivity contribution in [1.29, 1.82) is 0 Å². The topological polar surface area (TPSA) is 79.6 Å². The van der Waals surface area contributed by atoms with E-state index in [4.69, 9.17) is 4.74 Å². The van der Waals surface area contributed by atoms with Crippen molar-refractivity contribution in [3.05, 3.63) is 47.3 Å². The predicted octanol–water partition coefficient (Wildman–Crippen LogP) is 1.47. The second-order valence-electron chi connectivity index (χ2n) is 7.37. The second-order valence-corrected chi connectivity index (χ2v) is 7.37. The van der Waals surface area contributed by atoms with E-state index in [1.807, 2.05) is 35.0 Å². The van der Waals surface area contributed by atoms with E-state index in [0.717, 1.165) is 48.6 Å². The third-order valence-electron chi connectivity index (χ3n) is 5.30. The first kappa shape index (κ1) is 18.0. The Balaban J connectivity index is 1.31. The highest BCUT2D eigenvalue weighted by Gasteiger charge is 2.33. The number of methoxy groups -OCH3 is 1. The molecule has 0 bridgehead atoms. The van der Waals surface area contributed by atoms with Gasteiger partial charge in [0.05, 0.1) is 31.6 Å². The third-order valence-corrected chi connectivity index (χ3v) is 5.30. The van der Waals surface area contributed by atoms with Crippen molar-refractivity contribution in [3.63, 3.8) is 0 Å². The molecule has 1 amide bonds. The number of fused-ring (bicyclic) bond motifs is 1. The van der Waals surface area contributed by atoms with E-state index in [1.54, 1.807) is 7.11 Å². The molecule has 1 aliphatic heterocycles. The summed E-state index contributed by atoms with van der Waals surface area (Å²) in [4.78, 5) is 14.5. The smallest absolute Gasteiger partial charge is 0.234 e. The van der Waals surface area contributed by atoms with Gasteiger partial charge in [0.2, 0.25) is 5.91 Å². The molecule has 27 heavy (non-hydrogen) atoms. The van der Waals surface area contributed by atoms with Gasteiger partial charge in [0.1, 0.15) is 11.9 Å². The summed E-state index contributed by atoms with van der Waals surface area (Å²) in [5.74, 6) is 1.15. The molecule has 1 saturated carbocycles. The highest BCUT2D eigenvalue weighted by Crippen LogP contribution is 2.40. The highest BCUT2D eigenvalue weighted by molar-refractivity contribution is 5.78. The van der Waals surface area contributed by atoms with Crippen molar-refractivity contribution in [3.8, 4) is 5.75 Å². The number of nitrogens with one attached hydrogen (secondary N) is 1. The number of carbonyl (C=O) groups excluding carboxylic acids is 1. The molecule has 1 aliphatic carbocycles. The lowest BCUT2D eigenvalue weighted by Gasteiger charge is -2.26. The van der Waals surface area contributed by atoms with Gasteiger partial charge >= 0.3 is 0 Å². The fraction of sp³-hybridized carbons (Fsp3) is 0.500. The van der Waals surface area contributed by atoms with Crippen LogP contribution in [0.25, 0.3) is 0 Å². The van der Waals surface area contributed by atoms with Crippen LogP contribution in [0.15, 0.2) is 30.3 Å². The molecule has 4 rings (SSSR count). The van der Waals surface area contributed by atoms with Gasteiger partial charge in [0.15, 0.2) is 0 Å². The minimum absolute atomic E-state index is 0.00731. The highest BCUT2D eigenvalue weighted by atomic mass is 16.5. The van der Waals surface area contributed by atoms with Crippen molar-refractivity contribution < 1.29 is 14.6 Å². The summed E-state index contributed by atoms with van der Waals surface area (Å²) in [6.45, 7) is 2.99. The summed E-state index contributed by atoms with van der Waals surface area (Å²) in [5.41, 5.74) is 2.80. The largest absolute Gasteiger partial charge is 0.496 e. The fourth-order valence-corrected chi connectivity index (χ4v) is 3.58. The standard InChI is InChI=1S/C20H26N4O3/c1-27-18-5-3-2-4-15(18)11-21-19(25)13-23-8-9-24-16(12-23)10-17(22-24)20(26)14-6-7-14/h2-5,10,14,20,26H,6-9,11-13H2,1H3,(H,21,25)/t20-/m0/s1. The van der Waals surface area contributed by atoms with E-state index in [0.29, 0.717) is 25.6 Å². The number of hydrogen-bond donors (Lipinski definition) is 2. The first-order valence-corrected chi connectivity index (χ1v) is 9.49. The molecule has 144 valence electrons. The lowest BCUT2D eigenvalue weighted by atomic mass is 10.1. The maximum absolute atomic E-state index is 12.4. The molecule has 0 saturated heterocycles. The molecule has 1 aromatic carbocycles. The van der Waals surface area contributed by atoms with Gasteiger partial charge in [-0.15, -0.1) is 0 Å². The minimum atomic E-state index is -0.444. The number of aliphatic hydroxyl groups excluding tert-OH is 1. The van der Waals surface area contributed by atoms with Gasteiger partial charge in [-0.1, -0.05) is 18.2 Å². The number of rotatable bonds is 7. The van der Waals surface area contributed by atoms with Gasteiger partial charge in [0.25, 0.3) is 0 Å². The van der Waals surface area contributed by atoms with Gasteiger partial charge in [-0.25, -0.2) is 0 Å². The number of hydrogen-bond acceptors (Lipinski definition) is 5. The summed E-state index contributed by atoms with van der Waals surface area (Å²) >= 11 is 0. The SMILES string of the molecule is COc1ccccc1CNC(=O)CN1CCn2nc([C@@H](O)C3CC3)cc2C1. The number of aliphatic hydroxyl groups is 1. The van der Waals surface area contributed by atoms with Crippen molar-refractivity contribution in [2.24, 2.45) is 5.92 Å². The van der Waals surface area contributed by atoms with Crippen molar-refractivity contribution >= 4 is 5.91 Å². The second kappa shape index (κ2) is 7.70. The van der Waals surface area contributed by atoms with Crippen LogP contribution in [0.5, 0.6) is 5.75 Å². The van der Waals surface area contributed by atoms with Crippen LogP contribution < -0.4 is 10.1 Å². The number of para-hydroxylation sites is 1. The van der Waals surface area contributed by atoms with Crippen LogP contribution in [0.4, 0.5) is 0 Å². The molecule has 2 aliphatic rings. The van der Waals surface area contributed by atoms with E-state index >= 15 is 0 Å². The molecule has 2 heterocycles. The van der Waals surface area contributed by atoms with Crippen molar-refractivity contribution in [2.45, 2.75) is 38.6 Å². The fourth-order valence-electron chi connectivity index (χ4n) is 3.58. The first-order chi connectivity index (χ1) is 13.1. The Kier molecular flexibility index (Phi) is 5.13. The van der Waals surface area contributed by atoms with Crippen LogP contribution in [0.2, 0.25) is 0 Å². The Morgan fingerprint density at radius 1 is 1.37 bits per heavy atom. The first-order valence-electron chi connectivity index (χ1n) is 9.49. The summed E-state index contributed by atoms with van der Waals surface area (Å²) in [5, 5.41) is 17.8. The maximum atomic E-state index is 12.4. The number of ether oxygens (including phenoxy) is 1. The van der Waals surface area contributed by atoms with Gasteiger partial charge < -0.3 is 15.2 Å². The molecule has 7 heteroatoms. The van der Waals surface area contributed by atoms with E-state index < -0.39 is 6.10 Å². The van der Waals surface area contributed by atoms with Crippen LogP contribution in [-0.2, 0) is 24.4 Å². The van der Waals surface area contributed by atoms with Gasteiger partial charge in [-0.3, -0.25) is 14.4 Å². The lowest BCUT2D eigenvalue weighted by molar-refractivity contribution is -0.122. The molecule has 1 aromatic heterocycles. The van der Waals surface area contributed by atoms with E-state index in [-0.39, 0.29) is 5.91 Å². The molecular formula is C20H26N4O3. The monoisotopic (exact) mass is 370 g/mol. The number of carbonyl (C=O) groups is 1. The zero-order chi connectivity index (χ0) is 18.8. The van der Waals surface area contributed by atoms with Crippen LogP contribution >= 0.6 is 0 Å². The molecular weight excluding hydrogens is 344 g/mol. The molecule has 0 radical (unpaired) electrons. The predicted molar refractivity (Wildman–Crippen MR) is 100 cm³/mol. The molecule has 7 nitrogen and oxygen atoms in total. The maximum Gasteiger partial charge on any atom is 0.234 e. The van der Waals surface area contributed by atoms with Crippen LogP contribution in [0, 0.1) is 5.92 Å². The Morgan fingerprint density at radius 3 is 2.96 bits per heavy atom. The quantitative estimate of drug-likeness (QED) is 0.772. The summed E-state index contributed by atoms with van der Waals surface area (Å²) in [6, 6.07) is 9.67. The molecule has 0 unspecified atom stereocenters. The lowest BCUT2D eigenvalue weighted by Crippen LogP contribution is -2.41. The third kappa shape index (κ3) is 4.14. The Bertz CT molecular complexity index is 815. The average Bonchev–Trinajstić information content (AvgIpc) is 3.45. The number of nitrogens with zero attached hydrogens (tertiary/aromatic N) is 3. The Morgan fingerprint density at radius 2 is 2.19 bits per heavy atom. The zero-order valence-electron chi connectivity index (χ0n) is 15.6. The van der Waals surface area contributed by atoms with E-state index in [2.05, 4.69) is 15.3 Å². The molecule has 0 spiro atoms. The summed E-state index contributed by atoms with van der Waals surface area (Å²) < 4.78 is 7.28. The summed E-state index contributed by atoms with van der Waals surface area (Å²) in [7, 11) is 1.63. The molecule has 2 N–H and O–H groups in total. The average molecular weight is 370 g/mol. The Hall–Kier alpha value is -2.38. The Labute approximate surface area is 158 Å². The van der Waals surface area contributed by atoms with Crippen molar-refractivity contribution in [1.82, 2.24) is 20.0 Å². The van der Waals surface area contributed by atoms with Gasteiger partial charge in [-0.05, 0) is 30.9 Å². The number of aromatic nitrogens is 2. The van der Waals surface area contributed by atoms with Crippen LogP contribution in [0.1, 0.15) is 35.9 Å². The van der Waals surface area contributed by atoms with Crippen LogP contribution in [0.3, 0.4) is 0 Å². The number of amides is 1.